The van der Waals surface area contributed by atoms with Gasteiger partial charge in [-0.1, -0.05) is 29.3 Å². The Balaban J connectivity index is 1.77. The molecule has 1 aliphatic rings. The third kappa shape index (κ3) is 5.81. The Morgan fingerprint density at radius 3 is 2.67 bits per heavy atom. The topological polar surface area (TPSA) is 89.5 Å². The summed E-state index contributed by atoms with van der Waals surface area (Å²) in [7, 11) is -3.07. The molecule has 1 heterocycles. The number of benzene rings is 1. The fourth-order valence-electron chi connectivity index (χ4n) is 2.14. The summed E-state index contributed by atoms with van der Waals surface area (Å²) in [5.41, 5.74) is 0.655. The number of carbonyl (C=O) groups excluding carboxylic acids is 2. The summed E-state index contributed by atoms with van der Waals surface area (Å²) in [6.45, 7) is -0.471. The molecule has 0 spiro atoms. The maximum Gasteiger partial charge on any atom is 0.331 e. The number of hydrogen-bond donors (Lipinski definition) is 1. The van der Waals surface area contributed by atoms with Crippen LogP contribution in [0.25, 0.3) is 6.08 Å². The number of amides is 1. The van der Waals surface area contributed by atoms with Gasteiger partial charge in [-0.3, -0.25) is 4.79 Å². The predicted molar refractivity (Wildman–Crippen MR) is 91.7 cm³/mol. The van der Waals surface area contributed by atoms with Crippen molar-refractivity contribution in [3.8, 4) is 0 Å². The van der Waals surface area contributed by atoms with Crippen LogP contribution in [0.4, 0.5) is 0 Å². The van der Waals surface area contributed by atoms with Crippen LogP contribution in [-0.4, -0.2) is 44.4 Å². The molecule has 1 fully saturated rings. The lowest BCUT2D eigenvalue weighted by molar-refractivity contribution is -0.143. The number of halogens is 2. The van der Waals surface area contributed by atoms with E-state index < -0.39 is 34.4 Å². The first kappa shape index (κ1) is 18.8. The number of hydrogen-bond acceptors (Lipinski definition) is 5. The monoisotopic (exact) mass is 391 g/mol. The average Bonchev–Trinajstić information content (AvgIpc) is 2.85. The van der Waals surface area contributed by atoms with Gasteiger partial charge in [-0.05, 0) is 30.2 Å². The van der Waals surface area contributed by atoms with E-state index in [1.54, 1.807) is 18.2 Å². The van der Waals surface area contributed by atoms with Gasteiger partial charge in [0.2, 0.25) is 0 Å². The van der Waals surface area contributed by atoms with Gasteiger partial charge in [-0.15, -0.1) is 0 Å². The summed E-state index contributed by atoms with van der Waals surface area (Å²) in [6.07, 6.45) is 3.01. The van der Waals surface area contributed by atoms with Gasteiger partial charge >= 0.3 is 5.97 Å². The van der Waals surface area contributed by atoms with Gasteiger partial charge in [0.1, 0.15) is 0 Å². The maximum atomic E-state index is 11.6. The molecule has 9 heteroatoms. The quantitative estimate of drug-likeness (QED) is 0.610. The van der Waals surface area contributed by atoms with E-state index >= 15 is 0 Å². The van der Waals surface area contributed by atoms with Gasteiger partial charge in [0, 0.05) is 12.1 Å². The molecular formula is C15H15Cl2NO5S. The standard InChI is InChI=1S/C15H15Cl2NO5S/c16-12-3-1-10(7-13(12)17)2-4-15(20)23-8-14(19)18-11-5-6-24(21,22)9-11/h1-4,7,11H,5-6,8-9H2,(H,18,19)/b4-2+. The first-order chi connectivity index (χ1) is 11.2. The number of carbonyl (C=O) groups is 2. The molecule has 2 rings (SSSR count). The number of esters is 1. The molecule has 0 saturated carbocycles. The lowest BCUT2D eigenvalue weighted by Crippen LogP contribution is -2.38. The van der Waals surface area contributed by atoms with E-state index in [4.69, 9.17) is 27.9 Å². The van der Waals surface area contributed by atoms with Gasteiger partial charge in [0.15, 0.2) is 16.4 Å². The summed E-state index contributed by atoms with van der Waals surface area (Å²) < 4.78 is 27.4. The van der Waals surface area contributed by atoms with Gasteiger partial charge in [0.25, 0.3) is 5.91 Å². The van der Waals surface area contributed by atoms with Crippen molar-refractivity contribution in [2.45, 2.75) is 12.5 Å². The lowest BCUT2D eigenvalue weighted by Gasteiger charge is -2.10. The molecule has 1 aliphatic heterocycles. The highest BCUT2D eigenvalue weighted by atomic mass is 35.5. The number of ether oxygens (including phenoxy) is 1. The zero-order valence-electron chi connectivity index (χ0n) is 12.5. The van der Waals surface area contributed by atoms with Crippen LogP contribution in [0.1, 0.15) is 12.0 Å². The van der Waals surface area contributed by atoms with Crippen molar-refractivity contribution in [2.75, 3.05) is 18.1 Å². The van der Waals surface area contributed by atoms with Crippen LogP contribution in [0.5, 0.6) is 0 Å². The minimum atomic E-state index is -3.07. The van der Waals surface area contributed by atoms with E-state index in [0.717, 1.165) is 6.08 Å². The van der Waals surface area contributed by atoms with Crippen LogP contribution >= 0.6 is 23.2 Å². The number of rotatable bonds is 5. The fourth-order valence-corrected chi connectivity index (χ4v) is 4.12. The Morgan fingerprint density at radius 2 is 2.04 bits per heavy atom. The van der Waals surface area contributed by atoms with Crippen LogP contribution < -0.4 is 5.32 Å². The van der Waals surface area contributed by atoms with Gasteiger partial charge in [0.05, 0.1) is 21.6 Å². The minimum Gasteiger partial charge on any atom is -0.452 e. The molecular weight excluding hydrogens is 377 g/mol. The van der Waals surface area contributed by atoms with Crippen molar-refractivity contribution in [1.82, 2.24) is 5.32 Å². The average molecular weight is 392 g/mol. The van der Waals surface area contributed by atoms with E-state index in [2.05, 4.69) is 5.32 Å². The first-order valence-corrected chi connectivity index (χ1v) is 9.62. The Bertz CT molecular complexity index is 776. The smallest absolute Gasteiger partial charge is 0.331 e. The molecule has 6 nitrogen and oxygen atoms in total. The minimum absolute atomic E-state index is 0.0596. The summed E-state index contributed by atoms with van der Waals surface area (Å²) in [4.78, 5) is 23.2. The van der Waals surface area contributed by atoms with Gasteiger partial charge in [-0.2, -0.15) is 0 Å². The Hall–Kier alpha value is -1.57. The van der Waals surface area contributed by atoms with Gasteiger partial charge < -0.3 is 10.1 Å². The molecule has 1 aromatic carbocycles. The zero-order valence-corrected chi connectivity index (χ0v) is 14.8. The highest BCUT2D eigenvalue weighted by molar-refractivity contribution is 7.91. The predicted octanol–water partition coefficient (Wildman–Crippen LogP) is 1.85. The molecule has 1 amide bonds. The highest BCUT2D eigenvalue weighted by Gasteiger charge is 2.28. The third-order valence-corrected chi connectivity index (χ3v) is 5.81. The number of sulfone groups is 1. The van der Waals surface area contributed by atoms with Crippen molar-refractivity contribution < 1.29 is 22.7 Å². The highest BCUT2D eigenvalue weighted by Crippen LogP contribution is 2.23. The summed E-state index contributed by atoms with van der Waals surface area (Å²) >= 11 is 11.6. The molecule has 0 bridgehead atoms. The SMILES string of the molecule is O=C(COC(=O)/C=C/c1ccc(Cl)c(Cl)c1)NC1CCS(=O)(=O)C1. The normalized spacial score (nSPS) is 19.3. The molecule has 1 aromatic rings. The Kier molecular flexibility index (Phi) is 6.26. The Morgan fingerprint density at radius 1 is 1.29 bits per heavy atom. The molecule has 0 radical (unpaired) electrons. The maximum absolute atomic E-state index is 11.6. The molecule has 130 valence electrons. The van der Waals surface area contributed by atoms with Crippen molar-refractivity contribution in [2.24, 2.45) is 0 Å². The molecule has 24 heavy (non-hydrogen) atoms. The van der Waals surface area contributed by atoms with Gasteiger partial charge in [-0.25, -0.2) is 13.2 Å². The van der Waals surface area contributed by atoms with E-state index in [0.29, 0.717) is 22.0 Å². The van der Waals surface area contributed by atoms with Crippen LogP contribution in [-0.2, 0) is 24.2 Å². The van der Waals surface area contributed by atoms with Crippen molar-refractivity contribution in [3.63, 3.8) is 0 Å². The number of nitrogens with one attached hydrogen (secondary N) is 1. The summed E-state index contributed by atoms with van der Waals surface area (Å²) in [5.74, 6) is -1.25. The largest absolute Gasteiger partial charge is 0.452 e. The summed E-state index contributed by atoms with van der Waals surface area (Å²) in [5, 5.41) is 3.29. The van der Waals surface area contributed by atoms with Crippen LogP contribution in [0.15, 0.2) is 24.3 Å². The van der Waals surface area contributed by atoms with Crippen molar-refractivity contribution in [3.05, 3.63) is 39.9 Å². The Labute approximate surface area is 149 Å². The fraction of sp³-hybridized carbons (Fsp3) is 0.333. The molecule has 1 N–H and O–H groups in total. The van der Waals surface area contributed by atoms with Crippen molar-refractivity contribution >= 4 is 51.0 Å². The summed E-state index contributed by atoms with van der Waals surface area (Å²) in [6, 6.07) is 4.43. The van der Waals surface area contributed by atoms with E-state index in [1.807, 2.05) is 0 Å². The van der Waals surface area contributed by atoms with E-state index in [-0.39, 0.29) is 11.5 Å². The van der Waals surface area contributed by atoms with Crippen molar-refractivity contribution in [1.29, 1.82) is 0 Å². The molecule has 1 saturated heterocycles. The van der Waals surface area contributed by atoms with Crippen LogP contribution in [0.2, 0.25) is 10.0 Å². The second-order valence-electron chi connectivity index (χ2n) is 5.28. The van der Waals surface area contributed by atoms with Crippen LogP contribution in [0, 0.1) is 0 Å². The second-order valence-corrected chi connectivity index (χ2v) is 8.33. The first-order valence-electron chi connectivity index (χ1n) is 7.05. The van der Waals surface area contributed by atoms with Crippen LogP contribution in [0.3, 0.4) is 0 Å². The molecule has 1 atom stereocenters. The third-order valence-electron chi connectivity index (χ3n) is 3.30. The molecule has 0 aromatic heterocycles. The van der Waals surface area contributed by atoms with E-state index in [9.17, 15) is 18.0 Å². The zero-order chi connectivity index (χ0) is 17.7. The lowest BCUT2D eigenvalue weighted by atomic mass is 10.2. The molecule has 0 aliphatic carbocycles. The van der Waals surface area contributed by atoms with E-state index in [1.165, 1.54) is 6.08 Å². The second kappa shape index (κ2) is 8.00. The molecule has 1 unspecified atom stereocenters.